The van der Waals surface area contributed by atoms with Crippen molar-refractivity contribution < 1.29 is 4.79 Å². The van der Waals surface area contributed by atoms with Crippen LogP contribution in [0.5, 0.6) is 0 Å². The van der Waals surface area contributed by atoms with Gasteiger partial charge in [0, 0.05) is 18.7 Å². The Hall–Kier alpha value is -0.840. The number of aromatic nitrogens is 3. The fourth-order valence-electron chi connectivity index (χ4n) is 1.57. The van der Waals surface area contributed by atoms with Gasteiger partial charge in [-0.05, 0) is 12.2 Å². The van der Waals surface area contributed by atoms with Gasteiger partial charge in [0.05, 0.1) is 6.42 Å². The minimum Gasteiger partial charge on any atom is -0.299 e. The predicted molar refractivity (Wildman–Crippen MR) is 55.1 cm³/mol. The molecule has 0 N–H and O–H groups in total. The van der Waals surface area contributed by atoms with Crippen molar-refractivity contribution in [1.82, 2.24) is 14.8 Å². The average molecular weight is 211 g/mol. The third-order valence-electron chi connectivity index (χ3n) is 2.52. The first kappa shape index (κ1) is 9.71. The Morgan fingerprint density at radius 2 is 2.64 bits per heavy atom. The minimum absolute atomic E-state index is 0.247. The molecule has 0 amide bonds. The van der Waals surface area contributed by atoms with E-state index in [0.717, 1.165) is 23.8 Å². The highest BCUT2D eigenvalue weighted by Gasteiger charge is 2.24. The van der Waals surface area contributed by atoms with Crippen molar-refractivity contribution in [3.05, 3.63) is 12.2 Å². The number of carbonyl (C=O) groups is 1. The Labute approximate surface area is 87.1 Å². The van der Waals surface area contributed by atoms with Crippen LogP contribution in [0.1, 0.15) is 12.2 Å². The fourth-order valence-corrected chi connectivity index (χ4v) is 2.82. The molecule has 2 rings (SSSR count). The first-order valence-corrected chi connectivity index (χ1v) is 5.86. The van der Waals surface area contributed by atoms with E-state index < -0.39 is 0 Å². The second-order valence-corrected chi connectivity index (χ2v) is 4.65. The molecule has 0 radical (unpaired) electrons. The lowest BCUT2D eigenvalue weighted by atomic mass is 10.0. The fraction of sp³-hybridized carbons (Fsp3) is 0.667. The zero-order chi connectivity index (χ0) is 9.97. The van der Waals surface area contributed by atoms with E-state index >= 15 is 0 Å². The van der Waals surface area contributed by atoms with Gasteiger partial charge in [0.15, 0.2) is 0 Å². The van der Waals surface area contributed by atoms with E-state index in [2.05, 4.69) is 10.1 Å². The van der Waals surface area contributed by atoms with Crippen molar-refractivity contribution in [2.45, 2.75) is 12.8 Å². The summed E-state index contributed by atoms with van der Waals surface area (Å²) in [5, 5.41) is 3.94. The highest BCUT2D eigenvalue weighted by molar-refractivity contribution is 7.99. The van der Waals surface area contributed by atoms with Gasteiger partial charge in [0.1, 0.15) is 17.9 Å². The van der Waals surface area contributed by atoms with E-state index in [1.54, 1.807) is 4.68 Å². The molecule has 76 valence electrons. The normalized spacial score (nSPS) is 21.4. The molecule has 1 aliphatic heterocycles. The molecule has 0 spiro atoms. The summed E-state index contributed by atoms with van der Waals surface area (Å²) in [4.78, 5) is 15.8. The van der Waals surface area contributed by atoms with E-state index in [-0.39, 0.29) is 5.92 Å². The summed E-state index contributed by atoms with van der Waals surface area (Å²) in [5.41, 5.74) is 0. The molecule has 0 aromatic carbocycles. The van der Waals surface area contributed by atoms with Gasteiger partial charge in [0.2, 0.25) is 0 Å². The second kappa shape index (κ2) is 4.13. The largest absolute Gasteiger partial charge is 0.299 e. The molecule has 1 aromatic rings. The van der Waals surface area contributed by atoms with Crippen LogP contribution in [0.2, 0.25) is 0 Å². The highest BCUT2D eigenvalue weighted by Crippen LogP contribution is 2.24. The van der Waals surface area contributed by atoms with E-state index in [9.17, 15) is 4.79 Å². The van der Waals surface area contributed by atoms with Crippen molar-refractivity contribution in [3.63, 3.8) is 0 Å². The van der Waals surface area contributed by atoms with Crippen LogP contribution in [-0.2, 0) is 18.3 Å². The highest BCUT2D eigenvalue weighted by atomic mass is 32.2. The summed E-state index contributed by atoms with van der Waals surface area (Å²) in [6, 6.07) is 0. The molecule has 5 heteroatoms. The molecule has 1 aliphatic rings. The lowest BCUT2D eigenvalue weighted by Gasteiger charge is -2.05. The Bertz CT molecular complexity index is 331. The molecule has 0 aliphatic carbocycles. The van der Waals surface area contributed by atoms with Crippen LogP contribution in [0.15, 0.2) is 6.33 Å². The number of Topliss-reactive ketones (excluding diaryl/α,β-unsaturated/α-hetero) is 1. The van der Waals surface area contributed by atoms with Gasteiger partial charge < -0.3 is 0 Å². The molecule has 1 aromatic heterocycles. The van der Waals surface area contributed by atoms with Gasteiger partial charge in [-0.15, -0.1) is 0 Å². The summed E-state index contributed by atoms with van der Waals surface area (Å²) >= 11 is 1.86. The molecule has 1 unspecified atom stereocenters. The SMILES string of the molecule is Cn1ncnc1CC(=O)C1CCSC1. The monoisotopic (exact) mass is 211 g/mol. The summed E-state index contributed by atoms with van der Waals surface area (Å²) in [7, 11) is 1.82. The number of hydrogen-bond acceptors (Lipinski definition) is 4. The zero-order valence-electron chi connectivity index (χ0n) is 8.14. The number of hydrogen-bond donors (Lipinski definition) is 0. The first-order valence-electron chi connectivity index (χ1n) is 4.70. The number of ketones is 1. The van der Waals surface area contributed by atoms with Crippen LogP contribution >= 0.6 is 11.8 Å². The molecule has 2 heterocycles. The van der Waals surface area contributed by atoms with Crippen LogP contribution in [0.4, 0.5) is 0 Å². The third kappa shape index (κ3) is 1.97. The summed E-state index contributed by atoms with van der Waals surface area (Å²) in [6.45, 7) is 0. The Morgan fingerprint density at radius 1 is 1.79 bits per heavy atom. The number of rotatable bonds is 3. The second-order valence-electron chi connectivity index (χ2n) is 3.50. The van der Waals surface area contributed by atoms with Crippen LogP contribution in [-0.4, -0.2) is 32.1 Å². The van der Waals surface area contributed by atoms with Crippen molar-refractivity contribution in [3.8, 4) is 0 Å². The molecule has 1 saturated heterocycles. The molecule has 0 bridgehead atoms. The van der Waals surface area contributed by atoms with Crippen molar-refractivity contribution in [2.75, 3.05) is 11.5 Å². The number of carbonyl (C=O) groups excluding carboxylic acids is 1. The minimum atomic E-state index is 0.247. The smallest absolute Gasteiger partial charge is 0.144 e. The van der Waals surface area contributed by atoms with Gasteiger partial charge in [-0.3, -0.25) is 9.48 Å². The van der Waals surface area contributed by atoms with Gasteiger partial charge in [0.25, 0.3) is 0 Å². The Balaban J connectivity index is 1.97. The quantitative estimate of drug-likeness (QED) is 0.737. The Morgan fingerprint density at radius 3 is 3.21 bits per heavy atom. The summed E-state index contributed by atoms with van der Waals surface area (Å²) in [6.07, 6.45) is 2.95. The topological polar surface area (TPSA) is 47.8 Å². The maximum Gasteiger partial charge on any atom is 0.144 e. The number of nitrogens with zero attached hydrogens (tertiary/aromatic N) is 3. The van der Waals surface area contributed by atoms with E-state index in [4.69, 9.17) is 0 Å². The molecular weight excluding hydrogens is 198 g/mol. The van der Waals surface area contributed by atoms with Crippen molar-refractivity contribution in [2.24, 2.45) is 13.0 Å². The molecule has 1 atom stereocenters. The van der Waals surface area contributed by atoms with Gasteiger partial charge in [-0.1, -0.05) is 0 Å². The van der Waals surface area contributed by atoms with E-state index in [1.807, 2.05) is 18.8 Å². The summed E-state index contributed by atoms with van der Waals surface area (Å²) in [5.74, 6) is 3.43. The number of aryl methyl sites for hydroxylation is 1. The molecule has 1 fully saturated rings. The predicted octanol–water partition coefficient (Wildman–Crippen LogP) is 0.680. The lowest BCUT2D eigenvalue weighted by Crippen LogP contribution is -2.18. The Kier molecular flexibility index (Phi) is 2.86. The number of thioether (sulfide) groups is 1. The molecular formula is C9H13N3OS. The molecule has 0 saturated carbocycles. The van der Waals surface area contributed by atoms with Crippen LogP contribution < -0.4 is 0 Å². The first-order chi connectivity index (χ1) is 6.77. The maximum atomic E-state index is 11.8. The maximum absolute atomic E-state index is 11.8. The summed E-state index contributed by atoms with van der Waals surface area (Å²) < 4.78 is 1.67. The average Bonchev–Trinajstić information content (AvgIpc) is 2.77. The molecule has 4 nitrogen and oxygen atoms in total. The van der Waals surface area contributed by atoms with Crippen LogP contribution in [0.3, 0.4) is 0 Å². The van der Waals surface area contributed by atoms with Gasteiger partial charge >= 0.3 is 0 Å². The van der Waals surface area contributed by atoms with Crippen molar-refractivity contribution >= 4 is 17.5 Å². The third-order valence-corrected chi connectivity index (χ3v) is 3.68. The zero-order valence-corrected chi connectivity index (χ0v) is 8.96. The van der Waals surface area contributed by atoms with Crippen molar-refractivity contribution in [1.29, 1.82) is 0 Å². The van der Waals surface area contributed by atoms with Crippen LogP contribution in [0.25, 0.3) is 0 Å². The van der Waals surface area contributed by atoms with Crippen LogP contribution in [0, 0.1) is 5.92 Å². The van der Waals surface area contributed by atoms with E-state index in [0.29, 0.717) is 12.2 Å². The standard InChI is InChI=1S/C9H13N3OS/c1-12-9(10-6-11-12)4-8(13)7-2-3-14-5-7/h6-7H,2-5H2,1H3. The van der Waals surface area contributed by atoms with Gasteiger partial charge in [-0.2, -0.15) is 16.9 Å². The molecule has 14 heavy (non-hydrogen) atoms. The van der Waals surface area contributed by atoms with E-state index in [1.165, 1.54) is 6.33 Å². The lowest BCUT2D eigenvalue weighted by molar-refractivity contribution is -0.121. The van der Waals surface area contributed by atoms with Gasteiger partial charge in [-0.25, -0.2) is 4.98 Å².